The molecule has 1 heterocycles. The first-order valence-electron chi connectivity index (χ1n) is 8.56. The number of nitrogens with zero attached hydrogens (tertiary/aromatic N) is 1. The Kier molecular flexibility index (Phi) is 5.96. The second-order valence-electron chi connectivity index (χ2n) is 6.33. The Morgan fingerprint density at radius 2 is 1.71 bits per heavy atom. The Hall–Kier alpha value is -2.36. The third-order valence-electron chi connectivity index (χ3n) is 4.32. The van der Waals surface area contributed by atoms with Gasteiger partial charge in [0.05, 0.1) is 11.9 Å². The molecule has 4 heteroatoms. The molecular weight excluding hydrogens is 298 g/mol. The van der Waals surface area contributed by atoms with E-state index in [-0.39, 0.29) is 11.8 Å². The molecule has 0 aliphatic rings. The zero-order valence-corrected chi connectivity index (χ0v) is 15.2. The zero-order valence-electron chi connectivity index (χ0n) is 15.2. The smallest absolute Gasteiger partial charge is 0.227 e. The molecule has 0 spiro atoms. The van der Waals surface area contributed by atoms with Gasteiger partial charge in [-0.05, 0) is 56.9 Å². The molecule has 2 N–H and O–H groups in total. The summed E-state index contributed by atoms with van der Waals surface area (Å²) in [5, 5.41) is 6.31. The highest BCUT2D eigenvalue weighted by molar-refractivity contribution is 5.92. The average molecular weight is 325 g/mol. The number of anilines is 3. The standard InChI is InChI=1S/C20H27N3O/c1-6-16(7-2)20(24)22-17-8-9-18(21-12-17)23-19-14(4)10-13(3)11-15(19)5/h8-12,16H,6-7H2,1-5H3,(H,21,23)(H,22,24). The van der Waals surface area contributed by atoms with Gasteiger partial charge in [-0.1, -0.05) is 31.5 Å². The van der Waals surface area contributed by atoms with Gasteiger partial charge in [0, 0.05) is 11.6 Å². The lowest BCUT2D eigenvalue weighted by molar-refractivity contribution is -0.120. The van der Waals surface area contributed by atoms with Crippen molar-refractivity contribution >= 4 is 23.1 Å². The fourth-order valence-corrected chi connectivity index (χ4v) is 2.95. The molecule has 0 aliphatic heterocycles. The van der Waals surface area contributed by atoms with E-state index in [0.29, 0.717) is 0 Å². The summed E-state index contributed by atoms with van der Waals surface area (Å²) in [5.74, 6) is 0.888. The number of benzene rings is 1. The van der Waals surface area contributed by atoms with E-state index < -0.39 is 0 Å². The van der Waals surface area contributed by atoms with Crippen molar-refractivity contribution in [2.75, 3.05) is 10.6 Å². The van der Waals surface area contributed by atoms with Crippen molar-refractivity contribution in [3.8, 4) is 0 Å². The molecule has 2 aromatic rings. The molecule has 4 nitrogen and oxygen atoms in total. The first kappa shape index (κ1) is 18.0. The number of carbonyl (C=O) groups excluding carboxylic acids is 1. The van der Waals surface area contributed by atoms with Crippen LogP contribution in [0, 0.1) is 26.7 Å². The minimum absolute atomic E-state index is 0.0562. The van der Waals surface area contributed by atoms with E-state index in [1.807, 2.05) is 26.0 Å². The highest BCUT2D eigenvalue weighted by atomic mass is 16.1. The number of nitrogens with one attached hydrogen (secondary N) is 2. The maximum Gasteiger partial charge on any atom is 0.227 e. The van der Waals surface area contributed by atoms with Crippen LogP contribution in [0.2, 0.25) is 0 Å². The second-order valence-corrected chi connectivity index (χ2v) is 6.33. The second kappa shape index (κ2) is 7.95. The Bertz CT molecular complexity index is 680. The van der Waals surface area contributed by atoms with Crippen molar-refractivity contribution in [1.82, 2.24) is 4.98 Å². The maximum absolute atomic E-state index is 12.1. The van der Waals surface area contributed by atoms with Gasteiger partial charge in [0.2, 0.25) is 5.91 Å². The van der Waals surface area contributed by atoms with Crippen LogP contribution in [0.25, 0.3) is 0 Å². The van der Waals surface area contributed by atoms with Crippen molar-refractivity contribution in [2.45, 2.75) is 47.5 Å². The molecule has 0 unspecified atom stereocenters. The van der Waals surface area contributed by atoms with Crippen molar-refractivity contribution in [3.63, 3.8) is 0 Å². The van der Waals surface area contributed by atoms with E-state index in [9.17, 15) is 4.79 Å². The van der Waals surface area contributed by atoms with E-state index in [1.54, 1.807) is 6.20 Å². The summed E-state index contributed by atoms with van der Waals surface area (Å²) in [6.07, 6.45) is 3.39. The molecule has 24 heavy (non-hydrogen) atoms. The predicted molar refractivity (Wildman–Crippen MR) is 101 cm³/mol. The van der Waals surface area contributed by atoms with Gasteiger partial charge in [0.1, 0.15) is 5.82 Å². The lowest BCUT2D eigenvalue weighted by atomic mass is 10.0. The lowest BCUT2D eigenvalue weighted by Gasteiger charge is -2.15. The van der Waals surface area contributed by atoms with Crippen LogP contribution < -0.4 is 10.6 Å². The van der Waals surface area contributed by atoms with Gasteiger partial charge < -0.3 is 10.6 Å². The van der Waals surface area contributed by atoms with Crippen LogP contribution in [0.5, 0.6) is 0 Å². The van der Waals surface area contributed by atoms with Crippen LogP contribution in [0.3, 0.4) is 0 Å². The Labute approximate surface area is 144 Å². The van der Waals surface area contributed by atoms with Gasteiger partial charge in [0.15, 0.2) is 0 Å². The Morgan fingerprint density at radius 1 is 1.08 bits per heavy atom. The summed E-state index contributed by atoms with van der Waals surface area (Å²) in [5.41, 5.74) is 5.46. The highest BCUT2D eigenvalue weighted by Gasteiger charge is 2.14. The van der Waals surface area contributed by atoms with Crippen LogP contribution in [-0.2, 0) is 4.79 Å². The van der Waals surface area contributed by atoms with Crippen LogP contribution in [0.15, 0.2) is 30.5 Å². The average Bonchev–Trinajstić information content (AvgIpc) is 2.53. The third-order valence-corrected chi connectivity index (χ3v) is 4.32. The number of aryl methyl sites for hydroxylation is 3. The molecule has 0 radical (unpaired) electrons. The summed E-state index contributed by atoms with van der Waals surface area (Å²) in [4.78, 5) is 16.5. The number of hydrogen-bond donors (Lipinski definition) is 2. The Balaban J connectivity index is 2.09. The molecule has 0 atom stereocenters. The lowest BCUT2D eigenvalue weighted by Crippen LogP contribution is -2.21. The molecule has 1 amide bonds. The molecule has 0 saturated heterocycles. The van der Waals surface area contributed by atoms with E-state index in [1.165, 1.54) is 16.7 Å². The first-order valence-corrected chi connectivity index (χ1v) is 8.56. The molecular formula is C20H27N3O. The monoisotopic (exact) mass is 325 g/mol. The van der Waals surface area contributed by atoms with Crippen LogP contribution in [0.1, 0.15) is 43.4 Å². The van der Waals surface area contributed by atoms with Crippen LogP contribution in [-0.4, -0.2) is 10.9 Å². The highest BCUT2D eigenvalue weighted by Crippen LogP contribution is 2.25. The normalized spacial score (nSPS) is 10.8. The fraction of sp³-hybridized carbons (Fsp3) is 0.400. The maximum atomic E-state index is 12.1. The molecule has 0 fully saturated rings. The predicted octanol–water partition coefficient (Wildman–Crippen LogP) is 5.13. The van der Waals surface area contributed by atoms with Crippen LogP contribution in [0.4, 0.5) is 17.2 Å². The summed E-state index contributed by atoms with van der Waals surface area (Å²) in [6, 6.07) is 8.08. The van der Waals surface area contributed by atoms with Gasteiger partial charge in [-0.25, -0.2) is 4.98 Å². The van der Waals surface area contributed by atoms with E-state index in [4.69, 9.17) is 0 Å². The van der Waals surface area contributed by atoms with Gasteiger partial charge >= 0.3 is 0 Å². The van der Waals surface area contributed by atoms with E-state index in [0.717, 1.165) is 30.0 Å². The molecule has 128 valence electrons. The molecule has 1 aromatic heterocycles. The van der Waals surface area contributed by atoms with Crippen LogP contribution >= 0.6 is 0 Å². The number of carbonyl (C=O) groups is 1. The minimum Gasteiger partial charge on any atom is -0.340 e. The number of rotatable bonds is 6. The minimum atomic E-state index is 0.0562. The van der Waals surface area contributed by atoms with Crippen molar-refractivity contribution in [1.29, 1.82) is 0 Å². The van der Waals surface area contributed by atoms with Gasteiger partial charge in [-0.15, -0.1) is 0 Å². The topological polar surface area (TPSA) is 54.0 Å². The molecule has 0 bridgehead atoms. The molecule has 1 aromatic carbocycles. The summed E-state index contributed by atoms with van der Waals surface area (Å²) in [6.45, 7) is 10.3. The summed E-state index contributed by atoms with van der Waals surface area (Å²) in [7, 11) is 0. The zero-order chi connectivity index (χ0) is 17.7. The van der Waals surface area contributed by atoms with Crippen molar-refractivity contribution < 1.29 is 4.79 Å². The van der Waals surface area contributed by atoms with Crippen molar-refractivity contribution in [2.24, 2.45) is 5.92 Å². The number of pyridine rings is 1. The SMILES string of the molecule is CCC(CC)C(=O)Nc1ccc(Nc2c(C)cc(C)cc2C)nc1. The summed E-state index contributed by atoms with van der Waals surface area (Å²) < 4.78 is 0. The molecule has 0 saturated carbocycles. The van der Waals surface area contributed by atoms with Gasteiger partial charge in [0.25, 0.3) is 0 Å². The van der Waals surface area contributed by atoms with Gasteiger partial charge in [-0.2, -0.15) is 0 Å². The fourth-order valence-electron chi connectivity index (χ4n) is 2.95. The van der Waals surface area contributed by atoms with Crippen molar-refractivity contribution in [3.05, 3.63) is 47.2 Å². The van der Waals surface area contributed by atoms with Gasteiger partial charge in [-0.3, -0.25) is 4.79 Å². The largest absolute Gasteiger partial charge is 0.340 e. The quantitative estimate of drug-likeness (QED) is 0.774. The van der Waals surface area contributed by atoms with E-state index in [2.05, 4.69) is 48.5 Å². The van der Waals surface area contributed by atoms with E-state index >= 15 is 0 Å². The Morgan fingerprint density at radius 3 is 2.21 bits per heavy atom. The molecule has 0 aliphatic carbocycles. The number of amides is 1. The first-order chi connectivity index (χ1) is 11.4. The number of aromatic nitrogens is 1. The third kappa shape index (κ3) is 4.34. The summed E-state index contributed by atoms with van der Waals surface area (Å²) >= 11 is 0. The number of hydrogen-bond acceptors (Lipinski definition) is 3. The molecule has 2 rings (SSSR count).